The quantitative estimate of drug-likeness (QED) is 0.901. The zero-order valence-electron chi connectivity index (χ0n) is 11.8. The molecule has 19 heavy (non-hydrogen) atoms. The number of aryl methyl sites for hydroxylation is 1. The van der Waals surface area contributed by atoms with Crippen molar-refractivity contribution in [3.05, 3.63) is 29.1 Å². The maximum Gasteiger partial charge on any atom is 0.243 e. The van der Waals surface area contributed by atoms with E-state index in [4.69, 9.17) is 5.73 Å². The lowest BCUT2D eigenvalue weighted by Crippen LogP contribution is -2.34. The van der Waals surface area contributed by atoms with Crippen LogP contribution in [0.3, 0.4) is 0 Å². The van der Waals surface area contributed by atoms with E-state index in [9.17, 15) is 12.8 Å². The second kappa shape index (κ2) is 5.98. The minimum absolute atomic E-state index is 0.0247. The van der Waals surface area contributed by atoms with Gasteiger partial charge in [-0.3, -0.25) is 0 Å². The average molecular weight is 288 g/mol. The summed E-state index contributed by atoms with van der Waals surface area (Å²) in [6, 6.07) is 2.55. The maximum atomic E-state index is 13.7. The van der Waals surface area contributed by atoms with Gasteiger partial charge in [0.05, 0.1) is 4.90 Å². The molecule has 2 N–H and O–H groups in total. The standard InChI is InChI=1S/C13H21FN2O2S/c1-5-10(3)16(4)19(17,18)12-6-9(2)13(14)11(7-12)8-15/h6-7,10H,5,8,15H2,1-4H3. The Morgan fingerprint density at radius 2 is 2.00 bits per heavy atom. The van der Waals surface area contributed by atoms with Gasteiger partial charge >= 0.3 is 0 Å². The molecule has 108 valence electrons. The van der Waals surface area contributed by atoms with Crippen LogP contribution in [-0.4, -0.2) is 25.8 Å². The molecule has 0 saturated carbocycles. The molecule has 0 aliphatic heterocycles. The van der Waals surface area contributed by atoms with Gasteiger partial charge < -0.3 is 5.73 Å². The zero-order chi connectivity index (χ0) is 14.8. The van der Waals surface area contributed by atoms with Gasteiger partial charge in [0, 0.05) is 25.2 Å². The first kappa shape index (κ1) is 16.1. The van der Waals surface area contributed by atoms with Crippen LogP contribution in [0.4, 0.5) is 4.39 Å². The van der Waals surface area contributed by atoms with Gasteiger partial charge in [0.15, 0.2) is 0 Å². The van der Waals surface area contributed by atoms with E-state index in [0.717, 1.165) is 0 Å². The fourth-order valence-electron chi connectivity index (χ4n) is 1.76. The summed E-state index contributed by atoms with van der Waals surface area (Å²) in [5, 5.41) is 0. The maximum absolute atomic E-state index is 13.7. The molecule has 0 radical (unpaired) electrons. The summed E-state index contributed by atoms with van der Waals surface area (Å²) >= 11 is 0. The van der Waals surface area contributed by atoms with E-state index in [1.54, 1.807) is 0 Å². The SMILES string of the molecule is CCC(C)N(C)S(=O)(=O)c1cc(C)c(F)c(CN)c1. The molecule has 0 spiro atoms. The Morgan fingerprint density at radius 1 is 1.42 bits per heavy atom. The third-order valence-corrected chi connectivity index (χ3v) is 5.36. The first-order chi connectivity index (χ1) is 8.75. The van der Waals surface area contributed by atoms with Crippen LogP contribution in [0.5, 0.6) is 0 Å². The monoisotopic (exact) mass is 288 g/mol. The molecule has 0 saturated heterocycles. The van der Waals surface area contributed by atoms with E-state index < -0.39 is 15.8 Å². The molecule has 0 fully saturated rings. The Kier molecular flexibility index (Phi) is 5.06. The predicted octanol–water partition coefficient (Wildman–Crippen LogP) is 2.01. The predicted molar refractivity (Wildman–Crippen MR) is 73.7 cm³/mol. The molecule has 0 heterocycles. The van der Waals surface area contributed by atoms with Gasteiger partial charge in [0.25, 0.3) is 0 Å². The summed E-state index contributed by atoms with van der Waals surface area (Å²) in [6.07, 6.45) is 0.708. The van der Waals surface area contributed by atoms with E-state index in [1.165, 1.54) is 30.4 Å². The van der Waals surface area contributed by atoms with Gasteiger partial charge in [-0.05, 0) is 38.0 Å². The molecule has 1 aromatic carbocycles. The van der Waals surface area contributed by atoms with Gasteiger partial charge in [-0.1, -0.05) is 6.92 Å². The van der Waals surface area contributed by atoms with Crippen molar-refractivity contribution in [2.24, 2.45) is 5.73 Å². The Labute approximate surface area is 114 Å². The Bertz CT molecular complexity index is 558. The van der Waals surface area contributed by atoms with Crippen LogP contribution in [0.15, 0.2) is 17.0 Å². The summed E-state index contributed by atoms with van der Waals surface area (Å²) in [4.78, 5) is 0.0923. The zero-order valence-corrected chi connectivity index (χ0v) is 12.6. The van der Waals surface area contributed by atoms with E-state index in [2.05, 4.69) is 0 Å². The first-order valence-electron chi connectivity index (χ1n) is 6.22. The van der Waals surface area contributed by atoms with Gasteiger partial charge in [-0.2, -0.15) is 4.31 Å². The van der Waals surface area contributed by atoms with Crippen molar-refractivity contribution in [3.63, 3.8) is 0 Å². The van der Waals surface area contributed by atoms with Crippen LogP contribution in [0, 0.1) is 12.7 Å². The van der Waals surface area contributed by atoms with Gasteiger partial charge in [-0.25, -0.2) is 12.8 Å². The molecule has 1 rings (SSSR count). The number of benzene rings is 1. The Hall–Kier alpha value is -0.980. The van der Waals surface area contributed by atoms with Crippen molar-refractivity contribution >= 4 is 10.0 Å². The summed E-state index contributed by atoms with van der Waals surface area (Å²) in [7, 11) is -2.08. The summed E-state index contributed by atoms with van der Waals surface area (Å²) in [5.74, 6) is -0.437. The van der Waals surface area contributed by atoms with Gasteiger partial charge in [0.1, 0.15) is 5.82 Å². The molecule has 0 aliphatic carbocycles. The van der Waals surface area contributed by atoms with Gasteiger partial charge in [0.2, 0.25) is 10.0 Å². The lowest BCUT2D eigenvalue weighted by molar-refractivity contribution is 0.380. The minimum atomic E-state index is -3.61. The van der Waals surface area contributed by atoms with Crippen LogP contribution in [0.1, 0.15) is 31.4 Å². The van der Waals surface area contributed by atoms with E-state index in [-0.39, 0.29) is 23.0 Å². The number of sulfonamides is 1. The summed E-state index contributed by atoms with van der Waals surface area (Å²) in [5.41, 5.74) is 5.95. The Balaban J connectivity index is 3.34. The fraction of sp³-hybridized carbons (Fsp3) is 0.538. The summed E-state index contributed by atoms with van der Waals surface area (Å²) in [6.45, 7) is 5.26. The van der Waals surface area contributed by atoms with Crippen molar-refractivity contribution in [3.8, 4) is 0 Å². The molecule has 1 atom stereocenters. The van der Waals surface area contributed by atoms with Crippen molar-refractivity contribution in [2.45, 2.75) is 44.7 Å². The molecule has 1 aromatic rings. The molecule has 0 bridgehead atoms. The van der Waals surface area contributed by atoms with Crippen LogP contribution in [0.2, 0.25) is 0 Å². The third-order valence-electron chi connectivity index (χ3n) is 3.41. The van der Waals surface area contributed by atoms with Crippen LogP contribution in [0.25, 0.3) is 0 Å². The second-order valence-electron chi connectivity index (χ2n) is 4.70. The highest BCUT2D eigenvalue weighted by Gasteiger charge is 2.25. The largest absolute Gasteiger partial charge is 0.326 e. The second-order valence-corrected chi connectivity index (χ2v) is 6.69. The highest BCUT2D eigenvalue weighted by atomic mass is 32.2. The molecule has 4 nitrogen and oxygen atoms in total. The van der Waals surface area contributed by atoms with Crippen LogP contribution < -0.4 is 5.73 Å². The topological polar surface area (TPSA) is 63.4 Å². The molecule has 0 aliphatic rings. The number of nitrogens with zero attached hydrogens (tertiary/aromatic N) is 1. The lowest BCUT2D eigenvalue weighted by Gasteiger charge is -2.23. The molecule has 6 heteroatoms. The smallest absolute Gasteiger partial charge is 0.243 e. The van der Waals surface area contributed by atoms with Crippen LogP contribution >= 0.6 is 0 Å². The lowest BCUT2D eigenvalue weighted by atomic mass is 10.1. The van der Waals surface area contributed by atoms with Gasteiger partial charge in [-0.15, -0.1) is 0 Å². The molecular weight excluding hydrogens is 267 g/mol. The molecule has 0 aromatic heterocycles. The Morgan fingerprint density at radius 3 is 2.47 bits per heavy atom. The number of hydrogen-bond acceptors (Lipinski definition) is 3. The highest BCUT2D eigenvalue weighted by molar-refractivity contribution is 7.89. The highest BCUT2D eigenvalue weighted by Crippen LogP contribution is 2.23. The van der Waals surface area contributed by atoms with Crippen molar-refractivity contribution < 1.29 is 12.8 Å². The number of nitrogens with two attached hydrogens (primary N) is 1. The number of halogens is 1. The van der Waals surface area contributed by atoms with Crippen molar-refractivity contribution in [1.82, 2.24) is 4.31 Å². The molecule has 1 unspecified atom stereocenters. The van der Waals surface area contributed by atoms with E-state index in [0.29, 0.717) is 12.0 Å². The fourth-order valence-corrected chi connectivity index (χ4v) is 3.34. The van der Waals surface area contributed by atoms with Crippen LogP contribution in [-0.2, 0) is 16.6 Å². The first-order valence-corrected chi connectivity index (χ1v) is 7.66. The average Bonchev–Trinajstić information content (AvgIpc) is 2.39. The van der Waals surface area contributed by atoms with Crippen molar-refractivity contribution in [2.75, 3.05) is 7.05 Å². The van der Waals surface area contributed by atoms with Crippen molar-refractivity contribution in [1.29, 1.82) is 0 Å². The van der Waals surface area contributed by atoms with E-state index in [1.807, 2.05) is 13.8 Å². The molecular formula is C13H21FN2O2S. The summed E-state index contributed by atoms with van der Waals surface area (Å²) < 4.78 is 39.9. The number of hydrogen-bond donors (Lipinski definition) is 1. The van der Waals surface area contributed by atoms with E-state index >= 15 is 0 Å². The number of rotatable bonds is 5. The third kappa shape index (κ3) is 3.13. The molecule has 0 amide bonds. The minimum Gasteiger partial charge on any atom is -0.326 e. The normalized spacial score (nSPS) is 13.8.